The number of fused-ring (bicyclic) bond motifs is 1. The molecule has 0 aliphatic carbocycles. The van der Waals surface area contributed by atoms with Gasteiger partial charge in [-0.3, -0.25) is 23.9 Å². The highest BCUT2D eigenvalue weighted by Crippen LogP contribution is 2.41. The van der Waals surface area contributed by atoms with Crippen molar-refractivity contribution in [2.45, 2.75) is 52.6 Å². The molecule has 3 aliphatic heterocycles. The number of piperazine rings is 1. The summed E-state index contributed by atoms with van der Waals surface area (Å²) in [5.74, 6) is 0.812. The van der Waals surface area contributed by atoms with Gasteiger partial charge in [-0.15, -0.1) is 0 Å². The summed E-state index contributed by atoms with van der Waals surface area (Å²) in [6.45, 7) is 12.2. The fourth-order valence-corrected chi connectivity index (χ4v) is 6.80. The smallest absolute Gasteiger partial charge is 0.264 e. The number of aromatic nitrogens is 4. The van der Waals surface area contributed by atoms with Crippen LogP contribution in [0.15, 0.2) is 24.5 Å². The summed E-state index contributed by atoms with van der Waals surface area (Å²) in [6, 6.07) is 3.49. The van der Waals surface area contributed by atoms with Crippen LogP contribution in [0.3, 0.4) is 0 Å². The number of carbonyl (C=O) groups excluding carboxylic acids is 2. The maximum atomic E-state index is 14.6. The van der Waals surface area contributed by atoms with Crippen molar-refractivity contribution in [1.29, 1.82) is 0 Å². The minimum atomic E-state index is -2.68. The zero-order valence-corrected chi connectivity index (χ0v) is 26.6. The summed E-state index contributed by atoms with van der Waals surface area (Å²) < 4.78 is 32.8. The number of amides is 2. The number of nitrogens with one attached hydrogen (secondary N) is 1. The molecule has 0 unspecified atom stereocenters. The minimum Gasteiger partial charge on any atom is -0.338 e. The molecule has 0 bridgehead atoms. The van der Waals surface area contributed by atoms with Gasteiger partial charge in [0.15, 0.2) is 5.82 Å². The zero-order chi connectivity index (χ0) is 31.8. The van der Waals surface area contributed by atoms with Gasteiger partial charge in [-0.2, -0.15) is 10.2 Å². The summed E-state index contributed by atoms with van der Waals surface area (Å²) >= 11 is 0. The number of hydrogen-bond donors (Lipinski definition) is 1. The van der Waals surface area contributed by atoms with E-state index in [0.29, 0.717) is 74.7 Å². The van der Waals surface area contributed by atoms with Crippen molar-refractivity contribution in [2.24, 2.45) is 7.05 Å². The Hall–Kier alpha value is -3.84. The van der Waals surface area contributed by atoms with E-state index >= 15 is 0 Å². The molecule has 3 aliphatic rings. The van der Waals surface area contributed by atoms with Gasteiger partial charge >= 0.3 is 0 Å². The predicted molar refractivity (Wildman–Crippen MR) is 168 cm³/mol. The number of aryl methyl sites for hydroxylation is 2. The van der Waals surface area contributed by atoms with Crippen LogP contribution in [0.5, 0.6) is 0 Å². The van der Waals surface area contributed by atoms with Gasteiger partial charge in [-0.25, -0.2) is 8.78 Å². The van der Waals surface area contributed by atoms with Crippen LogP contribution in [0.1, 0.15) is 55.6 Å². The number of carbonyl (C=O) groups is 2. The molecular formula is C32H43F2N9O2. The average molecular weight is 624 g/mol. The molecule has 0 radical (unpaired) electrons. The molecule has 5 heterocycles. The van der Waals surface area contributed by atoms with Crippen molar-refractivity contribution in [2.75, 3.05) is 63.8 Å². The molecule has 2 saturated heterocycles. The van der Waals surface area contributed by atoms with Crippen LogP contribution in [0.25, 0.3) is 11.1 Å². The lowest BCUT2D eigenvalue weighted by atomic mass is 9.96. The van der Waals surface area contributed by atoms with E-state index in [2.05, 4.69) is 15.3 Å². The molecule has 242 valence electrons. The molecule has 0 saturated carbocycles. The van der Waals surface area contributed by atoms with Crippen molar-refractivity contribution < 1.29 is 18.4 Å². The first-order valence-corrected chi connectivity index (χ1v) is 16.0. The molecule has 2 amide bonds. The third kappa shape index (κ3) is 6.07. The molecule has 0 spiro atoms. The largest absolute Gasteiger partial charge is 0.338 e. The van der Waals surface area contributed by atoms with E-state index in [1.165, 1.54) is 0 Å². The van der Waals surface area contributed by atoms with Crippen molar-refractivity contribution in [1.82, 2.24) is 39.6 Å². The maximum absolute atomic E-state index is 14.6. The fraction of sp³-hybridized carbons (Fsp3) is 0.562. The Labute approximate surface area is 262 Å². The standard InChI is InChI=1S/C32H43F2N9O2/c1-5-22-13-25(23-15-36-38(4)16-23)26(31(33)34)14-29(22)42(6-2)32-27-19-40(21(3)44)10-7-28(27)43(37-32)24-17-41(18-24)30(45)20-39-11-8-35-9-12-39/h13-16,24,31,35H,5-12,17-20H2,1-4H3. The minimum absolute atomic E-state index is 0.00853. The van der Waals surface area contributed by atoms with Crippen LogP contribution in [0, 0.1) is 0 Å². The van der Waals surface area contributed by atoms with E-state index in [1.54, 1.807) is 37.1 Å². The summed E-state index contributed by atoms with van der Waals surface area (Å²) in [5, 5.41) is 12.7. The molecule has 2 fully saturated rings. The van der Waals surface area contributed by atoms with Crippen molar-refractivity contribution >= 4 is 23.3 Å². The van der Waals surface area contributed by atoms with Gasteiger partial charge in [-0.1, -0.05) is 6.92 Å². The highest BCUT2D eigenvalue weighted by molar-refractivity contribution is 5.79. The first-order valence-electron chi connectivity index (χ1n) is 16.0. The van der Waals surface area contributed by atoms with Gasteiger partial charge in [0, 0.05) is 107 Å². The van der Waals surface area contributed by atoms with E-state index in [0.717, 1.165) is 43.0 Å². The number of nitrogens with zero attached hydrogens (tertiary/aromatic N) is 8. The first kappa shape index (κ1) is 31.2. The van der Waals surface area contributed by atoms with Crippen LogP contribution < -0.4 is 10.2 Å². The highest BCUT2D eigenvalue weighted by Gasteiger charge is 2.38. The summed E-state index contributed by atoms with van der Waals surface area (Å²) in [7, 11) is 1.77. The van der Waals surface area contributed by atoms with Crippen LogP contribution in [-0.4, -0.2) is 105 Å². The number of halogens is 2. The van der Waals surface area contributed by atoms with Crippen molar-refractivity contribution in [3.8, 4) is 11.1 Å². The maximum Gasteiger partial charge on any atom is 0.264 e. The summed E-state index contributed by atoms with van der Waals surface area (Å²) in [5.41, 5.74) is 4.69. The van der Waals surface area contributed by atoms with E-state index in [-0.39, 0.29) is 23.4 Å². The van der Waals surface area contributed by atoms with E-state index in [9.17, 15) is 18.4 Å². The molecule has 1 N–H and O–H groups in total. The number of benzene rings is 1. The number of likely N-dealkylation sites (tertiary alicyclic amines) is 1. The second-order valence-electron chi connectivity index (χ2n) is 12.2. The number of alkyl halides is 2. The third-order valence-electron chi connectivity index (χ3n) is 9.38. The van der Waals surface area contributed by atoms with Crippen molar-refractivity contribution in [3.63, 3.8) is 0 Å². The monoisotopic (exact) mass is 623 g/mol. The summed E-state index contributed by atoms with van der Waals surface area (Å²) in [6.07, 6.45) is 1.97. The van der Waals surface area contributed by atoms with Gasteiger partial charge in [0.1, 0.15) is 0 Å². The number of hydrogen-bond acceptors (Lipinski definition) is 7. The number of rotatable bonds is 9. The second kappa shape index (κ2) is 12.9. The van der Waals surface area contributed by atoms with Crippen LogP contribution in [0.2, 0.25) is 0 Å². The lowest BCUT2D eigenvalue weighted by molar-refractivity contribution is -0.138. The second-order valence-corrected chi connectivity index (χ2v) is 12.2. The molecule has 1 aromatic carbocycles. The predicted octanol–water partition coefficient (Wildman–Crippen LogP) is 3.13. The molecule has 45 heavy (non-hydrogen) atoms. The highest BCUT2D eigenvalue weighted by atomic mass is 19.3. The fourth-order valence-electron chi connectivity index (χ4n) is 6.80. The Kier molecular flexibility index (Phi) is 8.91. The number of anilines is 2. The molecule has 13 heteroatoms. The molecule has 6 rings (SSSR count). The van der Waals surface area contributed by atoms with E-state index < -0.39 is 6.43 Å². The van der Waals surface area contributed by atoms with Crippen LogP contribution >= 0.6 is 0 Å². The summed E-state index contributed by atoms with van der Waals surface area (Å²) in [4.78, 5) is 33.4. The SMILES string of the molecule is CCc1cc(-c2cnn(C)c2)c(C(F)F)cc1N(CC)c1nn(C2CN(C(=O)CN3CCNCC3)C2)c2c1CN(C(C)=O)CC2. The van der Waals surface area contributed by atoms with Crippen LogP contribution in [-0.2, 0) is 36.0 Å². The zero-order valence-electron chi connectivity index (χ0n) is 26.6. The van der Waals surface area contributed by atoms with Gasteiger partial charge in [0.2, 0.25) is 11.8 Å². The lowest BCUT2D eigenvalue weighted by Gasteiger charge is -2.41. The van der Waals surface area contributed by atoms with E-state index in [4.69, 9.17) is 5.10 Å². The molecule has 11 nitrogen and oxygen atoms in total. The van der Waals surface area contributed by atoms with Crippen LogP contribution in [0.4, 0.5) is 20.3 Å². The molecule has 0 atom stereocenters. The van der Waals surface area contributed by atoms with Gasteiger partial charge < -0.3 is 20.0 Å². The van der Waals surface area contributed by atoms with Gasteiger partial charge in [-0.05, 0) is 36.6 Å². The van der Waals surface area contributed by atoms with Crippen molar-refractivity contribution in [3.05, 3.63) is 46.9 Å². The van der Waals surface area contributed by atoms with Gasteiger partial charge in [0.05, 0.1) is 25.3 Å². The molecule has 2 aromatic heterocycles. The Morgan fingerprint density at radius 3 is 2.49 bits per heavy atom. The lowest BCUT2D eigenvalue weighted by Crippen LogP contribution is -2.55. The Bertz CT molecular complexity index is 1560. The third-order valence-corrected chi connectivity index (χ3v) is 9.38. The average Bonchev–Trinajstić information content (AvgIpc) is 3.60. The topological polar surface area (TPSA) is 94.8 Å². The van der Waals surface area contributed by atoms with Gasteiger partial charge in [0.25, 0.3) is 6.43 Å². The molecular weight excluding hydrogens is 580 g/mol. The normalized spacial score (nSPS) is 17.5. The Morgan fingerprint density at radius 2 is 1.87 bits per heavy atom. The first-order chi connectivity index (χ1) is 21.7. The Balaban J connectivity index is 1.34. The molecule has 3 aromatic rings. The Morgan fingerprint density at radius 1 is 1.11 bits per heavy atom. The quantitative estimate of drug-likeness (QED) is 0.392. The van der Waals surface area contributed by atoms with E-state index in [1.807, 2.05) is 39.3 Å².